The Kier molecular flexibility index (Phi) is 19.7. The summed E-state index contributed by atoms with van der Waals surface area (Å²) in [5.74, 6) is -0.110. The van der Waals surface area contributed by atoms with Crippen molar-refractivity contribution < 1.29 is 0 Å². The molecule has 5 aromatic heterocycles. The van der Waals surface area contributed by atoms with Crippen LogP contribution in [0.1, 0.15) is 119 Å². The quantitative estimate of drug-likeness (QED) is 0.0561. The summed E-state index contributed by atoms with van der Waals surface area (Å²) < 4.78 is 0. The first kappa shape index (κ1) is 71.8. The number of nitrogens with zero attached hydrogens (tertiary/aromatic N) is 6. The Morgan fingerprint density at radius 2 is 0.542 bits per heavy atom. The standard InChI is InChI=1S/C112H78N6/c1-7-19-75(20-8-1)103(81-41-53-113-54-42-81)69-89-65-87(95-33-35-99-91(71-105(77-23-11-3-12-24-77)83-45-57-115-58-46-83)67-93(101-39-37-97(89)109(95)111(99)101)73-107(79-27-15-5-16-28-79)85-49-61-117-62-50-85)31-32-88-66-90(70-104(76-21-9-2-10-22-76)82-43-55-114-56-44-82)98-38-40-102-94(74-108(80-29-17-6-18-30-80)86-51-63-118-64-52-86)68-92(100-36-34-96(88)110(98)112(100)102)72-106(78-25-13-4-14-26-78)84-47-59-116-60-48-84/h1-51,53-63,65,67-74,88H,52,64,66H2/b32-31-,103-69+,104-70+,105-71+,106-72+,107-73-,108-74+. The second-order valence-electron chi connectivity index (χ2n) is 30.3. The van der Waals surface area contributed by atoms with Gasteiger partial charge in [-0.25, -0.2) is 0 Å². The van der Waals surface area contributed by atoms with Crippen molar-refractivity contribution in [1.29, 1.82) is 0 Å². The maximum atomic E-state index is 4.70. The van der Waals surface area contributed by atoms with Gasteiger partial charge in [0.1, 0.15) is 0 Å². The third-order valence-corrected chi connectivity index (χ3v) is 23.4. The largest absolute Gasteiger partial charge is 0.293 e. The molecular weight excluding hydrogens is 1430 g/mol. The van der Waals surface area contributed by atoms with Gasteiger partial charge in [-0.2, -0.15) is 0 Å². The van der Waals surface area contributed by atoms with Crippen LogP contribution >= 0.6 is 0 Å². The van der Waals surface area contributed by atoms with E-state index < -0.39 is 0 Å². The van der Waals surface area contributed by atoms with Gasteiger partial charge in [0.15, 0.2) is 0 Å². The number of aliphatic imine (C=N–C) groups is 1. The van der Waals surface area contributed by atoms with Gasteiger partial charge in [0.05, 0.1) is 0 Å². The number of benzene rings is 13. The molecule has 6 heterocycles. The van der Waals surface area contributed by atoms with Gasteiger partial charge in [-0.05, 0) is 338 Å². The van der Waals surface area contributed by atoms with Crippen LogP contribution in [0.4, 0.5) is 0 Å². The van der Waals surface area contributed by atoms with E-state index in [4.69, 9.17) is 4.99 Å². The average molecular weight is 1510 g/mol. The highest BCUT2D eigenvalue weighted by atomic mass is 14.7. The van der Waals surface area contributed by atoms with E-state index in [1.807, 2.05) is 68.2 Å². The lowest BCUT2D eigenvalue weighted by molar-refractivity contribution is 0.879. The topological polar surface area (TPSA) is 76.8 Å². The van der Waals surface area contributed by atoms with E-state index in [2.05, 4.69) is 389 Å². The minimum Gasteiger partial charge on any atom is -0.293 e. The highest BCUT2D eigenvalue weighted by Gasteiger charge is 2.27. The fourth-order valence-corrected chi connectivity index (χ4v) is 17.8. The molecule has 0 spiro atoms. The van der Waals surface area contributed by atoms with Crippen molar-refractivity contribution in [2.24, 2.45) is 4.99 Å². The highest BCUT2D eigenvalue weighted by molar-refractivity contribution is 6.29. The Morgan fingerprint density at radius 3 is 0.881 bits per heavy atom. The molecule has 0 radical (unpaired) electrons. The molecule has 118 heavy (non-hydrogen) atoms. The van der Waals surface area contributed by atoms with Gasteiger partial charge in [0.2, 0.25) is 0 Å². The zero-order valence-corrected chi connectivity index (χ0v) is 64.9. The lowest BCUT2D eigenvalue weighted by atomic mass is 9.77. The summed E-state index contributed by atoms with van der Waals surface area (Å²) in [4.78, 5) is 27.4. The van der Waals surface area contributed by atoms with Crippen LogP contribution in [0.2, 0.25) is 0 Å². The number of hydrogen-bond donors (Lipinski definition) is 0. The van der Waals surface area contributed by atoms with Gasteiger partial charge >= 0.3 is 0 Å². The fraction of sp³-hybridized carbons (Fsp3) is 0.0357. The molecule has 1 aliphatic carbocycles. The number of pyridine rings is 5. The van der Waals surface area contributed by atoms with Crippen LogP contribution in [0, 0.1) is 0 Å². The van der Waals surface area contributed by atoms with Gasteiger partial charge in [0.25, 0.3) is 0 Å². The van der Waals surface area contributed by atoms with Crippen LogP contribution in [0.25, 0.3) is 129 Å². The highest BCUT2D eigenvalue weighted by Crippen LogP contribution is 2.48. The molecule has 0 saturated carbocycles. The average Bonchev–Trinajstić information content (AvgIpc) is 0.718. The number of dihydropyridines is 1. The van der Waals surface area contributed by atoms with E-state index in [1.165, 1.54) is 59.8 Å². The maximum Gasteiger partial charge on any atom is 0.0429 e. The SMILES string of the molecule is C1=NCCC(/C(=C/c2cc(/C=C(\c3ccccc3)c3ccncc3)c3ccc4c5c(ccc2c35)=C(/C=C(\c2ccccc2)c2ccncc2)CC4/C=C\c2cc(/C=C(\c3ccccc3)c3ccncc3)c3ccc4c(/C=C(/c5ccccc5)c5ccncc5)cc(/C=C(\c5ccccc5)c5ccncc5)c5ccc2c3c45)c2ccccc2)=C1. The molecule has 6 nitrogen and oxygen atoms in total. The van der Waals surface area contributed by atoms with E-state index in [9.17, 15) is 0 Å². The summed E-state index contributed by atoms with van der Waals surface area (Å²) in [6, 6.07) is 113. The predicted octanol–water partition coefficient (Wildman–Crippen LogP) is 26.4. The third-order valence-electron chi connectivity index (χ3n) is 23.4. The van der Waals surface area contributed by atoms with Crippen molar-refractivity contribution in [3.63, 3.8) is 0 Å². The normalized spacial score (nSPS) is 14.4. The van der Waals surface area contributed by atoms with Crippen molar-refractivity contribution in [3.8, 4) is 0 Å². The smallest absolute Gasteiger partial charge is 0.0429 e. The van der Waals surface area contributed by atoms with Gasteiger partial charge in [-0.15, -0.1) is 0 Å². The van der Waals surface area contributed by atoms with Crippen LogP contribution in [0.15, 0.2) is 400 Å². The second-order valence-corrected chi connectivity index (χ2v) is 30.3. The summed E-state index contributed by atoms with van der Waals surface area (Å²) in [5, 5.41) is 13.0. The molecule has 0 N–H and O–H groups in total. The molecule has 0 saturated heterocycles. The molecule has 1 aliphatic heterocycles. The van der Waals surface area contributed by atoms with E-state index in [-0.39, 0.29) is 5.92 Å². The Morgan fingerprint density at radius 1 is 0.263 bits per heavy atom. The summed E-state index contributed by atoms with van der Waals surface area (Å²) in [5.41, 5.74) is 29.3. The molecule has 1 atom stereocenters. The monoisotopic (exact) mass is 1510 g/mol. The molecule has 6 heteroatoms. The summed E-state index contributed by atoms with van der Waals surface area (Å²) in [7, 11) is 0. The van der Waals surface area contributed by atoms with Crippen LogP contribution < -0.4 is 5.22 Å². The first-order valence-corrected chi connectivity index (χ1v) is 40.4. The molecule has 1 unspecified atom stereocenters. The van der Waals surface area contributed by atoms with Gasteiger partial charge in [-0.1, -0.05) is 243 Å². The minimum absolute atomic E-state index is 0.110. The van der Waals surface area contributed by atoms with Crippen molar-refractivity contribution >= 4 is 136 Å². The zero-order valence-electron chi connectivity index (χ0n) is 64.9. The number of rotatable bonds is 20. The Bertz CT molecular complexity index is 6820. The Labute approximate surface area is 686 Å². The molecular formula is C112H78N6. The Hall–Kier alpha value is -15.2. The van der Waals surface area contributed by atoms with Crippen LogP contribution in [0.3, 0.4) is 0 Å². The third kappa shape index (κ3) is 14.2. The van der Waals surface area contributed by atoms with E-state index >= 15 is 0 Å². The lowest BCUT2D eigenvalue weighted by Gasteiger charge is -2.26. The van der Waals surface area contributed by atoms with Crippen molar-refractivity contribution in [2.45, 2.75) is 18.8 Å². The van der Waals surface area contributed by atoms with Crippen molar-refractivity contribution in [3.05, 3.63) is 501 Å². The van der Waals surface area contributed by atoms with Gasteiger partial charge in [0, 0.05) is 80.6 Å². The maximum absolute atomic E-state index is 4.70. The molecule has 2 aliphatic rings. The van der Waals surface area contributed by atoms with E-state index in [0.717, 1.165) is 163 Å². The van der Waals surface area contributed by atoms with Crippen molar-refractivity contribution in [2.75, 3.05) is 6.54 Å². The summed E-state index contributed by atoms with van der Waals surface area (Å²) in [6.07, 6.45) is 44.3. The fourth-order valence-electron chi connectivity index (χ4n) is 17.8. The van der Waals surface area contributed by atoms with Crippen molar-refractivity contribution in [1.82, 2.24) is 24.9 Å². The molecule has 556 valence electrons. The van der Waals surface area contributed by atoms with Crippen LogP contribution in [-0.2, 0) is 0 Å². The molecule has 18 aromatic rings. The van der Waals surface area contributed by atoms with Gasteiger partial charge < -0.3 is 0 Å². The molecule has 13 aromatic carbocycles. The zero-order chi connectivity index (χ0) is 78.5. The predicted molar refractivity (Wildman–Crippen MR) is 495 cm³/mol. The Balaban J connectivity index is 0.880. The van der Waals surface area contributed by atoms with E-state index in [1.54, 1.807) is 0 Å². The van der Waals surface area contributed by atoms with Crippen LogP contribution in [-0.4, -0.2) is 37.7 Å². The second kappa shape index (κ2) is 32.3. The first-order chi connectivity index (χ1) is 58.5. The number of hydrogen-bond acceptors (Lipinski definition) is 6. The van der Waals surface area contributed by atoms with Gasteiger partial charge in [-0.3, -0.25) is 29.9 Å². The number of allylic oxidation sites excluding steroid dienone is 4. The molecule has 0 amide bonds. The lowest BCUT2D eigenvalue weighted by Crippen LogP contribution is -2.18. The first-order valence-electron chi connectivity index (χ1n) is 40.4. The van der Waals surface area contributed by atoms with Crippen LogP contribution in [0.5, 0.6) is 0 Å². The molecule has 0 bridgehead atoms. The minimum atomic E-state index is -0.110. The summed E-state index contributed by atoms with van der Waals surface area (Å²) in [6.45, 7) is 0.731. The van der Waals surface area contributed by atoms with E-state index in [0.29, 0.717) is 0 Å². The molecule has 0 fully saturated rings. The number of aromatic nitrogens is 5. The summed E-state index contributed by atoms with van der Waals surface area (Å²) >= 11 is 0. The molecule has 20 rings (SSSR count).